The number of anilines is 2. The second-order valence-electron chi connectivity index (χ2n) is 3.01. The first kappa shape index (κ1) is 10.8. The van der Waals surface area contributed by atoms with Crippen LogP contribution in [0.15, 0.2) is 16.7 Å². The Morgan fingerprint density at radius 3 is 2.53 bits per heavy atom. The lowest BCUT2D eigenvalue weighted by Gasteiger charge is -2.08. The molecule has 0 aliphatic heterocycles. The van der Waals surface area contributed by atoms with Gasteiger partial charge in [0.05, 0.1) is 33.1 Å². The molecule has 3 nitrogen and oxygen atoms in total. The first-order valence-corrected chi connectivity index (χ1v) is 5.54. The van der Waals surface area contributed by atoms with Crippen molar-refractivity contribution in [3.63, 3.8) is 0 Å². The number of halogens is 3. The predicted octanol–water partition coefficient (Wildman–Crippen LogP) is 3.47. The summed E-state index contributed by atoms with van der Waals surface area (Å²) in [7, 11) is 0. The molecule has 0 spiro atoms. The van der Waals surface area contributed by atoms with E-state index in [0.717, 1.165) is 0 Å². The third-order valence-corrected chi connectivity index (χ3v) is 3.78. The van der Waals surface area contributed by atoms with Crippen molar-refractivity contribution in [3.05, 3.63) is 26.8 Å². The molecule has 0 unspecified atom stereocenters. The molecule has 0 saturated heterocycles. The van der Waals surface area contributed by atoms with E-state index in [9.17, 15) is 0 Å². The number of pyridine rings is 1. The Kier molecular flexibility index (Phi) is 2.66. The molecule has 1 aromatic carbocycles. The highest BCUT2D eigenvalue weighted by atomic mass is 79.9. The topological polar surface area (TPSA) is 64.9 Å². The monoisotopic (exact) mass is 305 g/mol. The maximum atomic E-state index is 6.03. The summed E-state index contributed by atoms with van der Waals surface area (Å²) >= 11 is 15.3. The number of nitrogen functional groups attached to an aromatic ring is 2. The minimum absolute atomic E-state index is 0.368. The minimum atomic E-state index is 0.368. The Morgan fingerprint density at radius 2 is 1.87 bits per heavy atom. The molecule has 0 saturated carbocycles. The van der Waals surface area contributed by atoms with E-state index in [-0.39, 0.29) is 0 Å². The minimum Gasteiger partial charge on any atom is -0.396 e. The molecule has 78 valence electrons. The molecule has 0 radical (unpaired) electrons. The highest BCUT2D eigenvalue weighted by Crippen LogP contribution is 2.38. The predicted molar refractivity (Wildman–Crippen MR) is 68.3 cm³/mol. The van der Waals surface area contributed by atoms with Gasteiger partial charge in [0.2, 0.25) is 0 Å². The average Bonchev–Trinajstić information content (AvgIpc) is 2.21. The van der Waals surface area contributed by atoms with E-state index >= 15 is 0 Å². The Labute approximate surface area is 104 Å². The second kappa shape index (κ2) is 3.70. The van der Waals surface area contributed by atoms with Gasteiger partial charge in [-0.15, -0.1) is 0 Å². The van der Waals surface area contributed by atoms with Crippen LogP contribution in [0.2, 0.25) is 10.0 Å². The molecule has 4 N–H and O–H groups in total. The van der Waals surface area contributed by atoms with E-state index in [1.54, 1.807) is 6.07 Å². The van der Waals surface area contributed by atoms with Crippen LogP contribution in [0, 0.1) is 0 Å². The van der Waals surface area contributed by atoms with E-state index < -0.39 is 0 Å². The van der Waals surface area contributed by atoms with Gasteiger partial charge in [-0.05, 0) is 22.0 Å². The molecule has 0 bridgehead atoms. The zero-order valence-electron chi connectivity index (χ0n) is 7.39. The molecule has 15 heavy (non-hydrogen) atoms. The number of benzene rings is 1. The van der Waals surface area contributed by atoms with Crippen LogP contribution in [0.5, 0.6) is 0 Å². The van der Waals surface area contributed by atoms with Crippen molar-refractivity contribution in [2.75, 3.05) is 11.5 Å². The van der Waals surface area contributed by atoms with Crippen LogP contribution in [-0.2, 0) is 0 Å². The Balaban J connectivity index is 2.98. The highest BCUT2D eigenvalue weighted by Gasteiger charge is 2.12. The summed E-state index contributed by atoms with van der Waals surface area (Å²) in [5, 5.41) is 1.48. The van der Waals surface area contributed by atoms with Gasteiger partial charge in [-0.3, -0.25) is 4.98 Å². The fourth-order valence-corrected chi connectivity index (χ4v) is 2.21. The van der Waals surface area contributed by atoms with Gasteiger partial charge in [0.1, 0.15) is 0 Å². The van der Waals surface area contributed by atoms with Gasteiger partial charge in [0.15, 0.2) is 0 Å². The highest BCUT2D eigenvalue weighted by molar-refractivity contribution is 9.10. The summed E-state index contributed by atoms with van der Waals surface area (Å²) in [5.74, 6) is 0. The normalized spacial score (nSPS) is 10.9. The van der Waals surface area contributed by atoms with Crippen molar-refractivity contribution in [2.45, 2.75) is 0 Å². The van der Waals surface area contributed by atoms with Crippen molar-refractivity contribution in [2.24, 2.45) is 0 Å². The number of hydrogen-bond donors (Lipinski definition) is 2. The quantitative estimate of drug-likeness (QED) is 0.732. The maximum absolute atomic E-state index is 6.03. The van der Waals surface area contributed by atoms with Crippen LogP contribution in [0.3, 0.4) is 0 Å². The molecule has 0 aliphatic carbocycles. The lowest BCUT2D eigenvalue weighted by Crippen LogP contribution is -1.97. The van der Waals surface area contributed by atoms with Gasteiger partial charge in [0.25, 0.3) is 0 Å². The van der Waals surface area contributed by atoms with Gasteiger partial charge < -0.3 is 11.5 Å². The number of fused-ring (bicyclic) bond motifs is 1. The van der Waals surface area contributed by atoms with E-state index in [1.807, 2.05) is 0 Å². The third kappa shape index (κ3) is 1.62. The van der Waals surface area contributed by atoms with Crippen LogP contribution in [0.25, 0.3) is 10.9 Å². The molecule has 0 atom stereocenters. The third-order valence-electron chi connectivity index (χ3n) is 2.07. The van der Waals surface area contributed by atoms with Gasteiger partial charge in [-0.2, -0.15) is 0 Å². The molecule has 0 fully saturated rings. The molecule has 6 heteroatoms. The van der Waals surface area contributed by atoms with E-state index in [1.165, 1.54) is 6.20 Å². The van der Waals surface area contributed by atoms with Crippen molar-refractivity contribution in [1.29, 1.82) is 0 Å². The fourth-order valence-electron chi connectivity index (χ4n) is 1.28. The zero-order chi connectivity index (χ0) is 11.2. The zero-order valence-corrected chi connectivity index (χ0v) is 10.5. The number of aromatic nitrogens is 1. The standard InChI is InChI=1S/C9H6BrCl2N3/c10-4-1-3-8(14)5(13)2-15-9(3)7(12)6(4)11/h1-2H,13H2,(H2,14,15). The summed E-state index contributed by atoms with van der Waals surface area (Å²) in [6.45, 7) is 0. The molecular formula is C9H6BrCl2N3. The lowest BCUT2D eigenvalue weighted by atomic mass is 10.2. The average molecular weight is 307 g/mol. The molecule has 2 rings (SSSR count). The SMILES string of the molecule is Nc1cnc2c(Cl)c(Cl)c(Br)cc2c1N. The molecule has 0 amide bonds. The summed E-state index contributed by atoms with van der Waals surface area (Å²) in [6, 6.07) is 1.75. The number of hydrogen-bond acceptors (Lipinski definition) is 3. The van der Waals surface area contributed by atoms with Crippen molar-refractivity contribution in [1.82, 2.24) is 4.98 Å². The summed E-state index contributed by atoms with van der Waals surface area (Å²) in [4.78, 5) is 4.10. The fraction of sp³-hybridized carbons (Fsp3) is 0. The van der Waals surface area contributed by atoms with Crippen LogP contribution in [0.4, 0.5) is 11.4 Å². The second-order valence-corrected chi connectivity index (χ2v) is 4.62. The van der Waals surface area contributed by atoms with Gasteiger partial charge >= 0.3 is 0 Å². The van der Waals surface area contributed by atoms with Crippen molar-refractivity contribution in [3.8, 4) is 0 Å². The smallest absolute Gasteiger partial charge is 0.0926 e. The number of nitrogens with two attached hydrogens (primary N) is 2. The molecular weight excluding hydrogens is 301 g/mol. The largest absolute Gasteiger partial charge is 0.396 e. The van der Waals surface area contributed by atoms with Crippen LogP contribution in [0.1, 0.15) is 0 Å². The van der Waals surface area contributed by atoms with Gasteiger partial charge in [0, 0.05) is 9.86 Å². The van der Waals surface area contributed by atoms with Gasteiger partial charge in [-0.1, -0.05) is 23.2 Å². The Bertz CT molecular complexity index is 557. The molecule has 2 aromatic rings. The Morgan fingerprint density at radius 1 is 1.20 bits per heavy atom. The first-order valence-electron chi connectivity index (χ1n) is 3.99. The van der Waals surface area contributed by atoms with Crippen LogP contribution in [-0.4, -0.2) is 4.98 Å². The summed E-state index contributed by atoms with van der Waals surface area (Å²) in [6.07, 6.45) is 1.47. The first-order chi connectivity index (χ1) is 7.02. The molecule has 1 aromatic heterocycles. The molecule has 0 aliphatic rings. The lowest BCUT2D eigenvalue weighted by molar-refractivity contribution is 1.41. The van der Waals surface area contributed by atoms with Crippen molar-refractivity contribution >= 4 is 61.4 Å². The maximum Gasteiger partial charge on any atom is 0.0926 e. The van der Waals surface area contributed by atoms with Crippen LogP contribution >= 0.6 is 39.1 Å². The molecule has 1 heterocycles. The van der Waals surface area contributed by atoms with Crippen molar-refractivity contribution < 1.29 is 0 Å². The van der Waals surface area contributed by atoms with E-state index in [2.05, 4.69) is 20.9 Å². The van der Waals surface area contributed by atoms with E-state index in [4.69, 9.17) is 34.7 Å². The summed E-state index contributed by atoms with van der Waals surface area (Å²) < 4.78 is 0.667. The van der Waals surface area contributed by atoms with E-state index in [0.29, 0.717) is 36.8 Å². The van der Waals surface area contributed by atoms with Crippen LogP contribution < -0.4 is 11.5 Å². The number of rotatable bonds is 0. The van der Waals surface area contributed by atoms with Gasteiger partial charge in [-0.25, -0.2) is 0 Å². The summed E-state index contributed by atoms with van der Waals surface area (Å²) in [5.41, 5.74) is 12.9. The Hall–Kier alpha value is -0.710. The number of nitrogens with zero attached hydrogens (tertiary/aromatic N) is 1.